The molecule has 3 rings (SSSR count). The van der Waals surface area contributed by atoms with Crippen LogP contribution in [0.25, 0.3) is 6.08 Å². The molecule has 0 aliphatic carbocycles. The van der Waals surface area contributed by atoms with Crippen LogP contribution < -0.4 is 10.1 Å². The summed E-state index contributed by atoms with van der Waals surface area (Å²) in [6, 6.07) is 15.6. The molecule has 1 aliphatic rings. The summed E-state index contributed by atoms with van der Waals surface area (Å²) in [5.74, 6) is 0.734. The second-order valence-electron chi connectivity index (χ2n) is 5.18. The maximum Gasteiger partial charge on any atom is 0.248 e. The average Bonchev–Trinajstić information content (AvgIpc) is 2.55. The van der Waals surface area contributed by atoms with Gasteiger partial charge in [-0.2, -0.15) is 0 Å². The van der Waals surface area contributed by atoms with Crippen molar-refractivity contribution in [3.8, 4) is 5.75 Å². The molecule has 0 bridgehead atoms. The molecule has 0 saturated carbocycles. The predicted octanol–water partition coefficient (Wildman–Crippen LogP) is 3.97. The van der Waals surface area contributed by atoms with E-state index in [1.54, 1.807) is 6.08 Å². The summed E-state index contributed by atoms with van der Waals surface area (Å²) >= 11 is 0. The van der Waals surface area contributed by atoms with Crippen molar-refractivity contribution in [2.75, 3.05) is 11.9 Å². The number of ether oxygens (including phenoxy) is 1. The first-order chi connectivity index (χ1) is 10.7. The second-order valence-corrected chi connectivity index (χ2v) is 5.18. The van der Waals surface area contributed by atoms with Crippen LogP contribution in [0.1, 0.15) is 11.1 Å². The molecule has 0 saturated heterocycles. The Balaban J connectivity index is 1.69. The van der Waals surface area contributed by atoms with E-state index in [1.807, 2.05) is 61.5 Å². The number of nitrogens with one attached hydrogen (secondary N) is 1. The molecule has 0 spiro atoms. The third-order valence-corrected chi connectivity index (χ3v) is 3.51. The van der Waals surface area contributed by atoms with E-state index in [0.717, 1.165) is 28.1 Å². The van der Waals surface area contributed by atoms with E-state index in [0.29, 0.717) is 6.61 Å². The van der Waals surface area contributed by atoms with Gasteiger partial charge in [0.25, 0.3) is 0 Å². The highest BCUT2D eigenvalue weighted by Gasteiger charge is 2.08. The van der Waals surface area contributed by atoms with Crippen molar-refractivity contribution >= 4 is 17.7 Å². The normalized spacial score (nSPS) is 13.2. The van der Waals surface area contributed by atoms with Crippen molar-refractivity contribution in [1.82, 2.24) is 0 Å². The van der Waals surface area contributed by atoms with Gasteiger partial charge in [0.05, 0.1) is 0 Å². The fourth-order valence-electron chi connectivity index (χ4n) is 2.30. The van der Waals surface area contributed by atoms with Crippen molar-refractivity contribution in [3.63, 3.8) is 0 Å². The number of carbonyl (C=O) groups excluding carboxylic acids is 1. The molecule has 0 radical (unpaired) electrons. The first-order valence-electron chi connectivity index (χ1n) is 7.19. The molecular weight excluding hydrogens is 274 g/mol. The van der Waals surface area contributed by atoms with Gasteiger partial charge >= 0.3 is 0 Å². The molecule has 1 N–H and O–H groups in total. The number of benzene rings is 2. The summed E-state index contributed by atoms with van der Waals surface area (Å²) in [6.07, 6.45) is 5.37. The predicted molar refractivity (Wildman–Crippen MR) is 88.9 cm³/mol. The van der Waals surface area contributed by atoms with Crippen molar-refractivity contribution in [2.45, 2.75) is 6.92 Å². The molecular formula is C19H17NO2. The number of para-hydroxylation sites is 2. The Morgan fingerprint density at radius 1 is 1.14 bits per heavy atom. The van der Waals surface area contributed by atoms with E-state index < -0.39 is 0 Å². The summed E-state index contributed by atoms with van der Waals surface area (Å²) in [5.41, 5.74) is 3.88. The first kappa shape index (κ1) is 14.1. The Kier molecular flexibility index (Phi) is 4.05. The zero-order chi connectivity index (χ0) is 15.4. The lowest BCUT2D eigenvalue weighted by atomic mass is 10.1. The molecule has 22 heavy (non-hydrogen) atoms. The van der Waals surface area contributed by atoms with Crippen LogP contribution >= 0.6 is 0 Å². The molecule has 0 unspecified atom stereocenters. The Morgan fingerprint density at radius 2 is 1.91 bits per heavy atom. The van der Waals surface area contributed by atoms with Crippen molar-refractivity contribution < 1.29 is 9.53 Å². The molecule has 0 atom stereocenters. The molecule has 1 aliphatic heterocycles. The van der Waals surface area contributed by atoms with Gasteiger partial charge in [0.15, 0.2) is 0 Å². The van der Waals surface area contributed by atoms with Gasteiger partial charge in [0.1, 0.15) is 12.4 Å². The molecule has 110 valence electrons. The maximum absolute atomic E-state index is 12.0. The quantitative estimate of drug-likeness (QED) is 0.869. The maximum atomic E-state index is 12.0. The smallest absolute Gasteiger partial charge is 0.248 e. The first-order valence-corrected chi connectivity index (χ1v) is 7.19. The average molecular weight is 291 g/mol. The minimum atomic E-state index is -0.144. The van der Waals surface area contributed by atoms with Crippen LogP contribution in [0.15, 0.2) is 66.3 Å². The molecule has 3 heteroatoms. The molecule has 0 fully saturated rings. The molecule has 2 aromatic carbocycles. The van der Waals surface area contributed by atoms with E-state index in [1.165, 1.54) is 6.08 Å². The van der Waals surface area contributed by atoms with E-state index >= 15 is 0 Å². The minimum absolute atomic E-state index is 0.144. The third-order valence-electron chi connectivity index (χ3n) is 3.51. The van der Waals surface area contributed by atoms with Crippen molar-refractivity contribution in [1.29, 1.82) is 0 Å². The minimum Gasteiger partial charge on any atom is -0.488 e. The second kappa shape index (κ2) is 6.31. The van der Waals surface area contributed by atoms with Crippen molar-refractivity contribution in [3.05, 3.63) is 77.4 Å². The molecule has 3 nitrogen and oxygen atoms in total. The van der Waals surface area contributed by atoms with Crippen LogP contribution in [-0.2, 0) is 4.79 Å². The molecule has 0 aromatic heterocycles. The van der Waals surface area contributed by atoms with Gasteiger partial charge in [-0.1, -0.05) is 42.5 Å². The number of amides is 1. The number of aryl methyl sites for hydroxylation is 1. The Labute approximate surface area is 129 Å². The summed E-state index contributed by atoms with van der Waals surface area (Å²) in [4.78, 5) is 12.0. The standard InChI is InChI=1S/C19H17NO2/c1-14-6-2-4-8-17(14)20-19(21)11-10-15-12-16-7-3-5-9-18(16)22-13-15/h2-12H,13H2,1H3,(H,20,21)/b11-10+. The molecule has 1 amide bonds. The number of anilines is 1. The SMILES string of the molecule is Cc1ccccc1NC(=O)/C=C/C1=Cc2ccccc2OC1. The summed E-state index contributed by atoms with van der Waals surface area (Å²) < 4.78 is 5.65. The van der Waals surface area contributed by atoms with Crippen molar-refractivity contribution in [2.24, 2.45) is 0 Å². The number of fused-ring (bicyclic) bond motifs is 1. The fourth-order valence-corrected chi connectivity index (χ4v) is 2.30. The lowest BCUT2D eigenvalue weighted by Gasteiger charge is -2.15. The Morgan fingerprint density at radius 3 is 2.77 bits per heavy atom. The molecule has 1 heterocycles. The van der Waals surface area contributed by atoms with E-state index in [-0.39, 0.29) is 5.91 Å². The lowest BCUT2D eigenvalue weighted by molar-refractivity contribution is -0.111. The Hall–Kier alpha value is -2.81. The zero-order valence-corrected chi connectivity index (χ0v) is 12.4. The topological polar surface area (TPSA) is 38.3 Å². The van der Waals surface area contributed by atoms with Gasteiger partial charge in [-0.15, -0.1) is 0 Å². The highest BCUT2D eigenvalue weighted by atomic mass is 16.5. The monoisotopic (exact) mass is 291 g/mol. The van der Waals surface area contributed by atoms with Gasteiger partial charge in [0, 0.05) is 17.3 Å². The van der Waals surface area contributed by atoms with Crippen LogP contribution in [0, 0.1) is 6.92 Å². The number of rotatable bonds is 3. The van der Waals surface area contributed by atoms with Crippen LogP contribution in [-0.4, -0.2) is 12.5 Å². The van der Waals surface area contributed by atoms with Gasteiger partial charge in [-0.05, 0) is 36.3 Å². The summed E-state index contributed by atoms with van der Waals surface area (Å²) in [7, 11) is 0. The Bertz CT molecular complexity index is 760. The van der Waals surface area contributed by atoms with Gasteiger partial charge in [-0.3, -0.25) is 4.79 Å². The summed E-state index contributed by atoms with van der Waals surface area (Å²) in [6.45, 7) is 2.44. The third kappa shape index (κ3) is 3.26. The fraction of sp³-hybridized carbons (Fsp3) is 0.105. The zero-order valence-electron chi connectivity index (χ0n) is 12.4. The van der Waals surface area contributed by atoms with Crippen LogP contribution in [0.3, 0.4) is 0 Å². The van der Waals surface area contributed by atoms with Gasteiger partial charge < -0.3 is 10.1 Å². The molecule has 2 aromatic rings. The number of hydrogen-bond donors (Lipinski definition) is 1. The highest BCUT2D eigenvalue weighted by molar-refractivity contribution is 6.00. The van der Waals surface area contributed by atoms with Crippen LogP contribution in [0.2, 0.25) is 0 Å². The highest BCUT2D eigenvalue weighted by Crippen LogP contribution is 2.26. The van der Waals surface area contributed by atoms with Gasteiger partial charge in [-0.25, -0.2) is 0 Å². The van der Waals surface area contributed by atoms with E-state index in [2.05, 4.69) is 5.32 Å². The number of carbonyl (C=O) groups is 1. The van der Waals surface area contributed by atoms with E-state index in [9.17, 15) is 4.79 Å². The largest absolute Gasteiger partial charge is 0.488 e. The van der Waals surface area contributed by atoms with Gasteiger partial charge in [0.2, 0.25) is 5.91 Å². The van der Waals surface area contributed by atoms with E-state index in [4.69, 9.17) is 4.74 Å². The summed E-state index contributed by atoms with van der Waals surface area (Å²) in [5, 5.41) is 2.88. The van der Waals surface area contributed by atoms with Crippen LogP contribution in [0.4, 0.5) is 5.69 Å². The lowest BCUT2D eigenvalue weighted by Crippen LogP contribution is -2.10. The number of hydrogen-bond acceptors (Lipinski definition) is 2. The van der Waals surface area contributed by atoms with Crippen LogP contribution in [0.5, 0.6) is 5.75 Å².